The number of nitrogens with one attached hydrogen (secondary N) is 2. The first-order chi connectivity index (χ1) is 8.97. The molecule has 2 N–H and O–H groups in total. The standard InChI is InChI=1S/C13H18BrIN4/c1-8-6-19(13(15)18-8)7-11(9(2)16)12(14)17-5-10-3-4-10/h6,10,16-17H,3-5,7H2,1-2H3/b12-11-,16-9?. The summed E-state index contributed by atoms with van der Waals surface area (Å²) in [7, 11) is 0. The molecule has 4 nitrogen and oxygen atoms in total. The molecule has 1 heterocycles. The van der Waals surface area contributed by atoms with Crippen molar-refractivity contribution in [3.63, 3.8) is 0 Å². The van der Waals surface area contributed by atoms with E-state index < -0.39 is 0 Å². The highest BCUT2D eigenvalue weighted by Gasteiger charge is 2.21. The largest absolute Gasteiger partial charge is 0.379 e. The molecule has 1 aliphatic carbocycles. The van der Waals surface area contributed by atoms with Gasteiger partial charge in [0, 0.05) is 24.0 Å². The smallest absolute Gasteiger partial charge is 0.171 e. The summed E-state index contributed by atoms with van der Waals surface area (Å²) in [6.07, 6.45) is 4.67. The van der Waals surface area contributed by atoms with Crippen LogP contribution in [-0.4, -0.2) is 21.8 Å². The van der Waals surface area contributed by atoms with Crippen molar-refractivity contribution in [1.29, 1.82) is 5.41 Å². The normalized spacial score (nSPS) is 16.2. The number of halogens is 2. The van der Waals surface area contributed by atoms with Gasteiger partial charge in [0.1, 0.15) is 0 Å². The Kier molecular flexibility index (Phi) is 5.05. The minimum absolute atomic E-state index is 0.581. The summed E-state index contributed by atoms with van der Waals surface area (Å²) in [5.41, 5.74) is 2.57. The summed E-state index contributed by atoms with van der Waals surface area (Å²) in [5.74, 6) is 0.815. The first kappa shape index (κ1) is 15.0. The fraction of sp³-hybridized carbons (Fsp3) is 0.538. The van der Waals surface area contributed by atoms with E-state index in [1.165, 1.54) is 12.8 Å². The van der Waals surface area contributed by atoms with Gasteiger partial charge in [0.2, 0.25) is 0 Å². The highest BCUT2D eigenvalue weighted by atomic mass is 127. The Bertz CT molecular complexity index is 517. The fourth-order valence-corrected chi connectivity index (χ4v) is 3.09. The first-order valence-electron chi connectivity index (χ1n) is 6.34. The van der Waals surface area contributed by atoms with Gasteiger partial charge in [-0.1, -0.05) is 0 Å². The molecule has 19 heavy (non-hydrogen) atoms. The van der Waals surface area contributed by atoms with Crippen molar-refractivity contribution < 1.29 is 0 Å². The summed E-state index contributed by atoms with van der Waals surface area (Å²) >= 11 is 5.81. The molecule has 2 rings (SSSR count). The number of hydrogen-bond acceptors (Lipinski definition) is 3. The maximum Gasteiger partial charge on any atom is 0.171 e. The van der Waals surface area contributed by atoms with Gasteiger partial charge in [-0.3, -0.25) is 0 Å². The first-order valence-corrected chi connectivity index (χ1v) is 8.22. The van der Waals surface area contributed by atoms with E-state index in [-0.39, 0.29) is 0 Å². The maximum absolute atomic E-state index is 7.95. The van der Waals surface area contributed by atoms with Gasteiger partial charge in [0.15, 0.2) is 3.83 Å². The Balaban J connectivity index is 2.12. The number of nitrogens with zero attached hydrogens (tertiary/aromatic N) is 2. The Morgan fingerprint density at radius 3 is 2.79 bits per heavy atom. The Hall–Kier alpha value is -0.370. The van der Waals surface area contributed by atoms with E-state index in [1.807, 2.05) is 20.0 Å². The van der Waals surface area contributed by atoms with E-state index in [0.29, 0.717) is 12.3 Å². The molecule has 6 heteroatoms. The van der Waals surface area contributed by atoms with Gasteiger partial charge in [-0.15, -0.1) is 0 Å². The van der Waals surface area contributed by atoms with Crippen molar-refractivity contribution in [2.24, 2.45) is 5.92 Å². The lowest BCUT2D eigenvalue weighted by atomic mass is 10.2. The summed E-state index contributed by atoms with van der Waals surface area (Å²) < 4.78 is 3.97. The third kappa shape index (κ3) is 4.30. The highest BCUT2D eigenvalue weighted by Crippen LogP contribution is 2.28. The van der Waals surface area contributed by atoms with Gasteiger partial charge >= 0.3 is 0 Å². The van der Waals surface area contributed by atoms with E-state index in [9.17, 15) is 0 Å². The van der Waals surface area contributed by atoms with Crippen LogP contribution in [0.2, 0.25) is 0 Å². The second-order valence-corrected chi connectivity index (χ2v) is 6.78. The van der Waals surface area contributed by atoms with E-state index in [2.05, 4.69) is 53.4 Å². The Morgan fingerprint density at radius 2 is 2.32 bits per heavy atom. The predicted octanol–water partition coefficient (Wildman–Crippen LogP) is 3.44. The zero-order valence-corrected chi connectivity index (χ0v) is 14.9. The van der Waals surface area contributed by atoms with Crippen LogP contribution in [0.25, 0.3) is 0 Å². The number of imidazole rings is 1. The van der Waals surface area contributed by atoms with Gasteiger partial charge in [-0.05, 0) is 71.1 Å². The molecule has 1 aromatic rings. The van der Waals surface area contributed by atoms with Gasteiger partial charge in [-0.2, -0.15) is 0 Å². The topological polar surface area (TPSA) is 53.7 Å². The van der Waals surface area contributed by atoms with Crippen LogP contribution in [0.4, 0.5) is 0 Å². The molecule has 0 saturated heterocycles. The summed E-state index contributed by atoms with van der Waals surface area (Å²) in [6.45, 7) is 5.48. The van der Waals surface area contributed by atoms with Gasteiger partial charge in [0.05, 0.1) is 16.8 Å². The van der Waals surface area contributed by atoms with Crippen LogP contribution in [0, 0.1) is 22.1 Å². The quantitative estimate of drug-likeness (QED) is 0.407. The SMILES string of the molecule is CC(=N)/C(Cn1cc(C)nc1I)=C(/Br)NCC1CC1. The van der Waals surface area contributed by atoms with Crippen molar-refractivity contribution in [3.05, 3.63) is 25.9 Å². The van der Waals surface area contributed by atoms with Gasteiger partial charge < -0.3 is 15.3 Å². The Labute approximate surface area is 135 Å². The average Bonchev–Trinajstić information content (AvgIpc) is 3.09. The van der Waals surface area contributed by atoms with Gasteiger partial charge in [0.25, 0.3) is 0 Å². The molecular weight excluding hydrogens is 419 g/mol. The third-order valence-electron chi connectivity index (χ3n) is 3.14. The molecule has 104 valence electrons. The zero-order chi connectivity index (χ0) is 14.0. The third-order valence-corrected chi connectivity index (χ3v) is 4.76. The molecule has 0 spiro atoms. The number of allylic oxidation sites excluding steroid dienone is 1. The molecule has 1 aliphatic rings. The molecule has 0 radical (unpaired) electrons. The minimum Gasteiger partial charge on any atom is -0.379 e. The molecule has 1 fully saturated rings. The van der Waals surface area contributed by atoms with Crippen LogP contribution in [0.15, 0.2) is 16.4 Å². The van der Waals surface area contributed by atoms with E-state index in [1.54, 1.807) is 0 Å². The molecule has 0 unspecified atom stereocenters. The summed E-state index contributed by atoms with van der Waals surface area (Å²) in [5, 5.41) is 11.3. The van der Waals surface area contributed by atoms with Crippen LogP contribution in [-0.2, 0) is 6.54 Å². The molecule has 1 saturated carbocycles. The molecule has 0 aliphatic heterocycles. The van der Waals surface area contributed by atoms with Crippen LogP contribution in [0.1, 0.15) is 25.5 Å². The number of hydrogen-bond donors (Lipinski definition) is 2. The number of aromatic nitrogens is 2. The lowest BCUT2D eigenvalue weighted by molar-refractivity contribution is 0.721. The minimum atomic E-state index is 0.581. The second-order valence-electron chi connectivity index (χ2n) is 5.02. The van der Waals surface area contributed by atoms with Crippen LogP contribution >= 0.6 is 38.5 Å². The van der Waals surface area contributed by atoms with Crippen molar-refractivity contribution in [3.8, 4) is 0 Å². The Morgan fingerprint density at radius 1 is 1.63 bits per heavy atom. The molecule has 1 aromatic heterocycles. The van der Waals surface area contributed by atoms with Crippen molar-refractivity contribution in [2.45, 2.75) is 33.2 Å². The van der Waals surface area contributed by atoms with Crippen molar-refractivity contribution in [1.82, 2.24) is 14.9 Å². The maximum atomic E-state index is 7.95. The molecule has 0 atom stereocenters. The number of aryl methyl sites for hydroxylation is 1. The van der Waals surface area contributed by atoms with Crippen LogP contribution < -0.4 is 5.32 Å². The monoisotopic (exact) mass is 436 g/mol. The fourth-order valence-electron chi connectivity index (χ4n) is 1.81. The lowest BCUT2D eigenvalue weighted by Gasteiger charge is -2.13. The molecular formula is C13H18BrIN4. The van der Waals surface area contributed by atoms with Gasteiger partial charge in [-0.25, -0.2) is 4.98 Å². The summed E-state index contributed by atoms with van der Waals surface area (Å²) in [6, 6.07) is 0. The highest BCUT2D eigenvalue weighted by molar-refractivity contribution is 14.1. The zero-order valence-electron chi connectivity index (χ0n) is 11.1. The molecule has 0 bridgehead atoms. The van der Waals surface area contributed by atoms with E-state index in [4.69, 9.17) is 5.41 Å². The average molecular weight is 437 g/mol. The van der Waals surface area contributed by atoms with E-state index in [0.717, 1.165) is 32.2 Å². The predicted molar refractivity (Wildman–Crippen MR) is 89.8 cm³/mol. The lowest BCUT2D eigenvalue weighted by Crippen LogP contribution is -2.19. The van der Waals surface area contributed by atoms with Crippen LogP contribution in [0.5, 0.6) is 0 Å². The number of rotatable bonds is 6. The molecule has 0 aromatic carbocycles. The molecule has 0 amide bonds. The van der Waals surface area contributed by atoms with Crippen molar-refractivity contribution >= 4 is 44.2 Å². The van der Waals surface area contributed by atoms with Crippen molar-refractivity contribution in [2.75, 3.05) is 6.54 Å². The van der Waals surface area contributed by atoms with E-state index >= 15 is 0 Å². The summed E-state index contributed by atoms with van der Waals surface area (Å²) in [4.78, 5) is 4.39. The van der Waals surface area contributed by atoms with Crippen LogP contribution in [0.3, 0.4) is 0 Å². The second kappa shape index (κ2) is 6.39.